The van der Waals surface area contributed by atoms with Crippen LogP contribution < -0.4 is 10.6 Å². The van der Waals surface area contributed by atoms with Crippen LogP contribution in [-0.4, -0.2) is 27.0 Å². The van der Waals surface area contributed by atoms with E-state index in [-0.39, 0.29) is 17.2 Å². The molecule has 0 bridgehead atoms. The number of nitrogens with one attached hydrogen (secondary N) is 2. The van der Waals surface area contributed by atoms with Crippen LogP contribution in [0.2, 0.25) is 0 Å². The molecule has 7 heteroatoms. The van der Waals surface area contributed by atoms with Crippen molar-refractivity contribution in [1.82, 2.24) is 19.9 Å². The minimum absolute atomic E-state index is 0.0381. The van der Waals surface area contributed by atoms with E-state index in [2.05, 4.69) is 54.4 Å². The fourth-order valence-corrected chi connectivity index (χ4v) is 3.97. The smallest absolute Gasteiger partial charge is 0.247 e. The van der Waals surface area contributed by atoms with E-state index in [0.717, 1.165) is 22.5 Å². The second-order valence-electron chi connectivity index (χ2n) is 10.2. The van der Waals surface area contributed by atoms with Gasteiger partial charge in [-0.05, 0) is 41.3 Å². The zero-order valence-corrected chi connectivity index (χ0v) is 21.6. The molecule has 2 heterocycles. The van der Waals surface area contributed by atoms with Gasteiger partial charge >= 0.3 is 0 Å². The number of nitriles is 1. The monoisotopic (exact) mass is 492 g/mol. The Hall–Kier alpha value is -4.28. The summed E-state index contributed by atoms with van der Waals surface area (Å²) in [6.07, 6.45) is 5.50. The van der Waals surface area contributed by atoms with Gasteiger partial charge in [0.25, 0.3) is 0 Å². The van der Waals surface area contributed by atoms with Gasteiger partial charge in [0, 0.05) is 18.2 Å². The molecule has 7 nitrogen and oxygen atoms in total. The standard InChI is InChI=1S/C30H32N6O/c1-21(23-12-10-22(16-31)11-13-23)17-33-28(24-8-6-5-7-9-24)29(37)35-27-15-14-25(18-32-27)36-19-26(34-20-36)30(2,3)4/h5-15,18-21,28,33H,17H2,1-4H3,(H,32,35,37)/t21-,28-/m1/s1. The Morgan fingerprint density at radius 1 is 1.00 bits per heavy atom. The summed E-state index contributed by atoms with van der Waals surface area (Å²) in [6, 6.07) is 22.5. The highest BCUT2D eigenvalue weighted by atomic mass is 16.2. The Bertz CT molecular complexity index is 1360. The lowest BCUT2D eigenvalue weighted by Gasteiger charge is -2.21. The number of imidazole rings is 1. The van der Waals surface area contributed by atoms with Crippen molar-refractivity contribution in [3.8, 4) is 11.8 Å². The number of nitrogens with zero attached hydrogens (tertiary/aromatic N) is 4. The summed E-state index contributed by atoms with van der Waals surface area (Å²) < 4.78 is 1.93. The molecule has 1 amide bonds. The van der Waals surface area contributed by atoms with Gasteiger partial charge in [0.15, 0.2) is 0 Å². The van der Waals surface area contributed by atoms with Crippen LogP contribution in [0.1, 0.15) is 62.0 Å². The number of amides is 1. The second kappa shape index (κ2) is 11.2. The van der Waals surface area contributed by atoms with Gasteiger partial charge in [0.2, 0.25) is 5.91 Å². The summed E-state index contributed by atoms with van der Waals surface area (Å²) in [5.74, 6) is 0.446. The van der Waals surface area contributed by atoms with E-state index in [1.54, 1.807) is 18.6 Å². The van der Waals surface area contributed by atoms with E-state index >= 15 is 0 Å². The van der Waals surface area contributed by atoms with E-state index in [1.165, 1.54) is 0 Å². The SMILES string of the molecule is C[C@H](CN[C@@H](C(=O)Nc1ccc(-n2cnc(C(C)(C)C)c2)cn1)c1ccccc1)c1ccc(C#N)cc1. The number of rotatable bonds is 8. The number of benzene rings is 2. The van der Waals surface area contributed by atoms with Gasteiger partial charge < -0.3 is 15.2 Å². The molecule has 2 aromatic carbocycles. The quantitative estimate of drug-likeness (QED) is 0.338. The number of anilines is 1. The molecule has 4 rings (SSSR count). The Labute approximate surface area is 218 Å². The van der Waals surface area contributed by atoms with Crippen molar-refractivity contribution in [3.05, 3.63) is 108 Å². The van der Waals surface area contributed by atoms with Crippen LogP contribution in [0, 0.1) is 11.3 Å². The molecule has 0 aliphatic rings. The van der Waals surface area contributed by atoms with Crippen LogP contribution in [0.25, 0.3) is 5.69 Å². The summed E-state index contributed by atoms with van der Waals surface area (Å²) in [5, 5.41) is 15.4. The number of pyridine rings is 1. The van der Waals surface area contributed by atoms with Crippen LogP contribution in [0.3, 0.4) is 0 Å². The maximum Gasteiger partial charge on any atom is 0.247 e. The first-order valence-corrected chi connectivity index (χ1v) is 12.3. The molecule has 0 saturated heterocycles. The van der Waals surface area contributed by atoms with Crippen molar-refractivity contribution in [3.63, 3.8) is 0 Å². The predicted molar refractivity (Wildman–Crippen MR) is 145 cm³/mol. The lowest BCUT2D eigenvalue weighted by atomic mass is 9.93. The van der Waals surface area contributed by atoms with Gasteiger partial charge in [-0.1, -0.05) is 70.2 Å². The molecule has 2 atom stereocenters. The molecule has 0 aliphatic carbocycles. The fourth-order valence-electron chi connectivity index (χ4n) is 3.97. The average molecular weight is 493 g/mol. The van der Waals surface area contributed by atoms with Crippen LogP contribution in [0.5, 0.6) is 0 Å². The first kappa shape index (κ1) is 25.8. The third-order valence-electron chi connectivity index (χ3n) is 6.28. The molecule has 2 aromatic heterocycles. The number of carbonyl (C=O) groups excluding carboxylic acids is 1. The molecule has 0 saturated carbocycles. The van der Waals surface area contributed by atoms with Gasteiger partial charge in [-0.2, -0.15) is 5.26 Å². The van der Waals surface area contributed by atoms with Crippen LogP contribution in [0.15, 0.2) is 85.5 Å². The second-order valence-corrected chi connectivity index (χ2v) is 10.2. The van der Waals surface area contributed by atoms with E-state index in [4.69, 9.17) is 5.26 Å². The molecular formula is C30H32N6O. The molecular weight excluding hydrogens is 460 g/mol. The molecule has 0 radical (unpaired) electrons. The van der Waals surface area contributed by atoms with Gasteiger partial charge in [-0.25, -0.2) is 9.97 Å². The lowest BCUT2D eigenvalue weighted by Crippen LogP contribution is -2.35. The summed E-state index contributed by atoms with van der Waals surface area (Å²) in [4.78, 5) is 22.3. The van der Waals surface area contributed by atoms with Crippen molar-refractivity contribution < 1.29 is 4.79 Å². The Balaban J connectivity index is 1.45. The zero-order chi connectivity index (χ0) is 26.4. The summed E-state index contributed by atoms with van der Waals surface area (Å²) in [7, 11) is 0. The predicted octanol–water partition coefficient (Wildman–Crippen LogP) is 5.51. The van der Waals surface area contributed by atoms with E-state index in [0.29, 0.717) is 17.9 Å². The Kier molecular flexibility index (Phi) is 7.80. The van der Waals surface area contributed by atoms with Crippen LogP contribution in [-0.2, 0) is 10.2 Å². The molecule has 188 valence electrons. The maximum absolute atomic E-state index is 13.3. The summed E-state index contributed by atoms with van der Waals surface area (Å²) >= 11 is 0. The Morgan fingerprint density at radius 2 is 1.73 bits per heavy atom. The highest BCUT2D eigenvalue weighted by Gasteiger charge is 2.22. The van der Waals surface area contributed by atoms with Gasteiger partial charge in [-0.3, -0.25) is 4.79 Å². The molecule has 0 unspecified atom stereocenters. The molecule has 0 spiro atoms. The van der Waals surface area contributed by atoms with E-state index < -0.39 is 6.04 Å². The zero-order valence-electron chi connectivity index (χ0n) is 21.6. The molecule has 4 aromatic rings. The van der Waals surface area contributed by atoms with E-state index in [9.17, 15) is 4.79 Å². The van der Waals surface area contributed by atoms with Crippen LogP contribution in [0.4, 0.5) is 5.82 Å². The third kappa shape index (κ3) is 6.49. The van der Waals surface area contributed by atoms with Crippen molar-refractivity contribution in [2.24, 2.45) is 0 Å². The summed E-state index contributed by atoms with van der Waals surface area (Å²) in [5.41, 5.74) is 4.43. The first-order chi connectivity index (χ1) is 17.7. The lowest BCUT2D eigenvalue weighted by molar-refractivity contribution is -0.118. The molecule has 2 N–H and O–H groups in total. The van der Waals surface area contributed by atoms with E-state index in [1.807, 2.05) is 71.4 Å². The number of carbonyl (C=O) groups is 1. The topological polar surface area (TPSA) is 95.6 Å². The molecule has 37 heavy (non-hydrogen) atoms. The Morgan fingerprint density at radius 3 is 2.32 bits per heavy atom. The maximum atomic E-state index is 13.3. The number of hydrogen-bond donors (Lipinski definition) is 2. The van der Waals surface area contributed by atoms with Crippen LogP contribution >= 0.6 is 0 Å². The first-order valence-electron chi connectivity index (χ1n) is 12.3. The largest absolute Gasteiger partial charge is 0.309 e. The number of hydrogen-bond acceptors (Lipinski definition) is 5. The number of aromatic nitrogens is 3. The highest BCUT2D eigenvalue weighted by Crippen LogP contribution is 2.22. The average Bonchev–Trinajstić information content (AvgIpc) is 3.41. The summed E-state index contributed by atoms with van der Waals surface area (Å²) in [6.45, 7) is 9.05. The molecule has 0 fully saturated rings. The minimum Gasteiger partial charge on any atom is -0.309 e. The normalized spacial score (nSPS) is 12.9. The van der Waals surface area contributed by atoms with Crippen molar-refractivity contribution in [2.75, 3.05) is 11.9 Å². The molecule has 0 aliphatic heterocycles. The van der Waals surface area contributed by atoms with Gasteiger partial charge in [0.05, 0.1) is 35.5 Å². The fraction of sp³-hybridized carbons (Fsp3) is 0.267. The van der Waals surface area contributed by atoms with Crippen molar-refractivity contribution in [2.45, 2.75) is 45.1 Å². The third-order valence-corrected chi connectivity index (χ3v) is 6.28. The van der Waals surface area contributed by atoms with Crippen molar-refractivity contribution in [1.29, 1.82) is 5.26 Å². The van der Waals surface area contributed by atoms with Gasteiger partial charge in [-0.15, -0.1) is 0 Å². The van der Waals surface area contributed by atoms with Gasteiger partial charge in [0.1, 0.15) is 11.9 Å². The minimum atomic E-state index is -0.550. The van der Waals surface area contributed by atoms with Crippen molar-refractivity contribution >= 4 is 11.7 Å². The highest BCUT2D eigenvalue weighted by molar-refractivity contribution is 5.94.